The van der Waals surface area contributed by atoms with E-state index in [2.05, 4.69) is 31.3 Å². The van der Waals surface area contributed by atoms with Crippen LogP contribution in [0.3, 0.4) is 0 Å². The van der Waals surface area contributed by atoms with Crippen LogP contribution in [0.15, 0.2) is 172 Å². The molecule has 1 aliphatic carbocycles. The topological polar surface area (TPSA) is 200 Å². The van der Waals surface area contributed by atoms with E-state index in [-0.39, 0.29) is 46.5 Å². The van der Waals surface area contributed by atoms with E-state index in [0.29, 0.717) is 66.7 Å². The van der Waals surface area contributed by atoms with E-state index in [1.807, 2.05) is 36.4 Å². The Hall–Kier alpha value is -8.62. The number of amides is 1. The van der Waals surface area contributed by atoms with Gasteiger partial charge in [0.2, 0.25) is 0 Å². The number of phenolic OH excluding ortho intramolecular Hbond substituents is 2. The third-order valence-corrected chi connectivity index (χ3v) is 10.1. The fourth-order valence-corrected chi connectivity index (χ4v) is 7.17. The molecule has 61 heavy (non-hydrogen) atoms. The molecule has 0 aromatic heterocycles. The number of hydrogen-bond acceptors (Lipinski definition) is 12. The molecule has 9 rings (SSSR count). The number of azo groups is 2. The van der Waals surface area contributed by atoms with E-state index in [9.17, 15) is 29.9 Å². The molecule has 8 aromatic carbocycles. The zero-order chi connectivity index (χ0) is 42.0. The van der Waals surface area contributed by atoms with Gasteiger partial charge in [0.25, 0.3) is 11.6 Å². The second-order valence-electron chi connectivity index (χ2n) is 14.0. The number of phenols is 2. The number of nitrogens with zero attached hydrogens (tertiary/aromatic N) is 5. The van der Waals surface area contributed by atoms with Crippen LogP contribution in [0.4, 0.5) is 39.8 Å². The first-order valence-electron chi connectivity index (χ1n) is 18.9. The molecule has 0 bridgehead atoms. The molecular weight excluding hydrogens is 775 g/mol. The number of carbonyl (C=O) groups excluding carboxylic acids is 2. The number of aromatic hydroxyl groups is 2. The molecule has 0 heterocycles. The summed E-state index contributed by atoms with van der Waals surface area (Å²) in [6.07, 6.45) is 0. The second kappa shape index (κ2) is 16.0. The van der Waals surface area contributed by atoms with Crippen LogP contribution in [0.5, 0.6) is 11.5 Å². The van der Waals surface area contributed by atoms with Crippen molar-refractivity contribution in [1.29, 1.82) is 0 Å². The van der Waals surface area contributed by atoms with E-state index >= 15 is 0 Å². The number of para-hydroxylation sites is 1. The second-order valence-corrected chi connectivity index (χ2v) is 14.0. The number of non-ortho nitro benzene ring substituents is 1. The summed E-state index contributed by atoms with van der Waals surface area (Å²) in [6.45, 7) is -0.106. The molecule has 0 saturated heterocycles. The molecule has 296 valence electrons. The molecular formula is C47H31N7O7. The molecule has 8 aromatic rings. The first kappa shape index (κ1) is 37.9. The largest absolute Gasteiger partial charge is 0.505 e. The highest BCUT2D eigenvalue weighted by Gasteiger charge is 2.28. The quantitative estimate of drug-likeness (QED) is 0.0561. The van der Waals surface area contributed by atoms with Crippen molar-refractivity contribution >= 4 is 73.0 Å². The highest BCUT2D eigenvalue weighted by Crippen LogP contribution is 2.44. The summed E-state index contributed by atoms with van der Waals surface area (Å²) in [5.74, 6) is -1.27. The van der Waals surface area contributed by atoms with Gasteiger partial charge in [0.05, 0.1) is 27.5 Å². The van der Waals surface area contributed by atoms with E-state index in [4.69, 9.17) is 4.84 Å². The Morgan fingerprint density at radius 2 is 1.18 bits per heavy atom. The average Bonchev–Trinajstić information content (AvgIpc) is 3.55. The van der Waals surface area contributed by atoms with Crippen LogP contribution in [0, 0.1) is 10.1 Å². The molecule has 0 aliphatic heterocycles. The number of hydrogen-bond donors (Lipinski definition) is 4. The van der Waals surface area contributed by atoms with E-state index in [1.165, 1.54) is 18.2 Å². The van der Waals surface area contributed by atoms with Gasteiger partial charge in [-0.05, 0) is 76.5 Å². The van der Waals surface area contributed by atoms with Gasteiger partial charge in [0.15, 0.2) is 11.5 Å². The van der Waals surface area contributed by atoms with Gasteiger partial charge >= 0.3 is 0 Å². The van der Waals surface area contributed by atoms with E-state index in [1.54, 1.807) is 97.1 Å². The van der Waals surface area contributed by atoms with Gasteiger partial charge in [-0.2, -0.15) is 10.2 Å². The highest BCUT2D eigenvalue weighted by atomic mass is 16.6. The molecule has 0 radical (unpaired) electrons. The number of fused-ring (bicyclic) bond motifs is 5. The van der Waals surface area contributed by atoms with Gasteiger partial charge in [-0.25, -0.2) is 0 Å². The Labute approximate surface area is 346 Å². The first-order chi connectivity index (χ1) is 29.7. The normalized spacial score (nSPS) is 12.0. The van der Waals surface area contributed by atoms with E-state index < -0.39 is 10.8 Å². The Kier molecular flexibility index (Phi) is 9.93. The number of nitro benzene ring substituents is 1. The van der Waals surface area contributed by atoms with Gasteiger partial charge in [0.1, 0.15) is 23.7 Å². The summed E-state index contributed by atoms with van der Waals surface area (Å²) in [4.78, 5) is 43.4. The Morgan fingerprint density at radius 3 is 1.82 bits per heavy atom. The lowest BCUT2D eigenvalue weighted by Crippen LogP contribution is -2.12. The van der Waals surface area contributed by atoms with Crippen molar-refractivity contribution in [2.75, 3.05) is 10.8 Å². The summed E-state index contributed by atoms with van der Waals surface area (Å²) < 4.78 is 0. The molecule has 1 aliphatic rings. The monoisotopic (exact) mass is 805 g/mol. The van der Waals surface area contributed by atoms with Gasteiger partial charge in [-0.15, -0.1) is 10.2 Å². The summed E-state index contributed by atoms with van der Waals surface area (Å²) in [6, 6.07) is 42.9. The number of anilines is 2. The third kappa shape index (κ3) is 7.48. The minimum Gasteiger partial charge on any atom is -0.505 e. The fourth-order valence-electron chi connectivity index (χ4n) is 7.17. The van der Waals surface area contributed by atoms with Crippen molar-refractivity contribution in [1.82, 2.24) is 0 Å². The standard InChI is InChI=1S/C47H31N7O7/c55-44-29(26-61-53-33-13-8-14-34(23-33)54(59)60)21-27-9-4-6-15-35(27)42(44)51-49-31-17-19-37-38-20-18-32(25-40(38)45(56)39(37)24-31)50-52-43-36-16-7-5-10-28(36)22-41(46(43)57)47(58)48-30-11-2-1-3-12-30/h1-25,53,55,57H,26H2,(H,48,58). The molecule has 1 amide bonds. The molecule has 0 spiro atoms. The number of nitrogens with one attached hydrogen (secondary N) is 2. The predicted molar refractivity (Wildman–Crippen MR) is 231 cm³/mol. The average molecular weight is 806 g/mol. The zero-order valence-corrected chi connectivity index (χ0v) is 31.8. The molecule has 4 N–H and O–H groups in total. The number of carbonyl (C=O) groups is 2. The maximum Gasteiger partial charge on any atom is 0.271 e. The van der Waals surface area contributed by atoms with Crippen molar-refractivity contribution < 1.29 is 29.6 Å². The van der Waals surface area contributed by atoms with Gasteiger partial charge in [-0.3, -0.25) is 30.0 Å². The third-order valence-electron chi connectivity index (χ3n) is 10.1. The zero-order valence-electron chi connectivity index (χ0n) is 31.8. The van der Waals surface area contributed by atoms with Crippen molar-refractivity contribution in [3.8, 4) is 22.6 Å². The highest BCUT2D eigenvalue weighted by molar-refractivity contribution is 6.22. The smallest absolute Gasteiger partial charge is 0.271 e. The lowest BCUT2D eigenvalue weighted by molar-refractivity contribution is -0.384. The van der Waals surface area contributed by atoms with Crippen LogP contribution in [-0.4, -0.2) is 26.8 Å². The number of ketones is 1. The fraction of sp³-hybridized carbons (Fsp3) is 0.0213. The number of rotatable bonds is 11. The van der Waals surface area contributed by atoms with Crippen LogP contribution in [-0.2, 0) is 11.4 Å². The molecule has 14 heteroatoms. The van der Waals surface area contributed by atoms with Crippen LogP contribution in [0.2, 0.25) is 0 Å². The van der Waals surface area contributed by atoms with E-state index in [0.717, 1.165) is 5.39 Å². The van der Waals surface area contributed by atoms with Crippen LogP contribution in [0.25, 0.3) is 32.7 Å². The maximum atomic E-state index is 13.8. The Bertz CT molecular complexity index is 3150. The predicted octanol–water partition coefficient (Wildman–Crippen LogP) is 12.2. The lowest BCUT2D eigenvalue weighted by atomic mass is 10.0. The minimum absolute atomic E-state index is 0.0296. The molecule has 0 atom stereocenters. The maximum absolute atomic E-state index is 13.8. The van der Waals surface area contributed by atoms with Crippen LogP contribution in [0.1, 0.15) is 31.8 Å². The molecule has 0 unspecified atom stereocenters. The summed E-state index contributed by atoms with van der Waals surface area (Å²) in [5, 5.41) is 56.9. The van der Waals surface area contributed by atoms with Crippen molar-refractivity contribution in [2.24, 2.45) is 20.5 Å². The van der Waals surface area contributed by atoms with Gasteiger partial charge in [0, 0.05) is 45.3 Å². The molecule has 14 nitrogen and oxygen atoms in total. The number of benzene rings is 8. The number of nitro groups is 1. The summed E-state index contributed by atoms with van der Waals surface area (Å²) >= 11 is 0. The SMILES string of the molecule is O=C1c2cc(N=Nc3c(O)c(CONc4cccc([N+](=O)[O-])c4)cc4ccccc34)ccc2-c2ccc(N=Nc3c(O)c(C(=O)Nc4ccccc4)cc4ccccc34)cc21. The lowest BCUT2D eigenvalue weighted by Gasteiger charge is -2.12. The minimum atomic E-state index is -0.510. The van der Waals surface area contributed by atoms with Crippen molar-refractivity contribution in [3.63, 3.8) is 0 Å². The summed E-state index contributed by atoms with van der Waals surface area (Å²) in [5.41, 5.74) is 7.17. The molecule has 0 saturated carbocycles. The Morgan fingerprint density at radius 1 is 0.607 bits per heavy atom. The Balaban J connectivity index is 0.960. The van der Waals surface area contributed by atoms with Crippen LogP contribution < -0.4 is 10.8 Å². The van der Waals surface area contributed by atoms with Gasteiger partial charge < -0.3 is 15.5 Å². The van der Waals surface area contributed by atoms with Crippen molar-refractivity contribution in [3.05, 3.63) is 184 Å². The summed E-state index contributed by atoms with van der Waals surface area (Å²) in [7, 11) is 0. The van der Waals surface area contributed by atoms with Crippen LogP contribution >= 0.6 is 0 Å². The van der Waals surface area contributed by atoms with Crippen molar-refractivity contribution in [2.45, 2.75) is 6.61 Å². The molecule has 0 fully saturated rings. The van der Waals surface area contributed by atoms with Gasteiger partial charge in [-0.1, -0.05) is 84.9 Å². The first-order valence-corrected chi connectivity index (χ1v) is 18.9.